The first-order valence-corrected chi connectivity index (χ1v) is 20.1. The highest BCUT2D eigenvalue weighted by Gasteiger charge is 1.97. The van der Waals surface area contributed by atoms with Gasteiger partial charge in [0, 0.05) is 13.2 Å². The largest absolute Gasteiger partial charge is 0.379 e. The topological polar surface area (TPSA) is 83.1 Å². The molecule has 0 unspecified atom stereocenters. The molecule has 48 heavy (non-hydrogen) atoms. The lowest BCUT2D eigenvalue weighted by atomic mass is 10.1. The summed E-state index contributed by atoms with van der Waals surface area (Å²) in [6.07, 6.45) is 25.5. The zero-order valence-electron chi connectivity index (χ0n) is 31.8. The van der Waals surface area contributed by atoms with Crippen molar-refractivity contribution in [1.29, 1.82) is 0 Å². The summed E-state index contributed by atoms with van der Waals surface area (Å²) in [5.74, 6) is 0. The number of ether oxygens (including phenoxy) is 9. The monoisotopic (exact) mass is 693 g/mol. The molecule has 9 nitrogen and oxygen atoms in total. The predicted molar refractivity (Wildman–Crippen MR) is 196 cm³/mol. The Labute approximate surface area is 297 Å². The Kier molecular flexibility index (Phi) is 46.3. The highest BCUT2D eigenvalue weighted by atomic mass is 16.6. The van der Waals surface area contributed by atoms with E-state index in [1.54, 1.807) is 0 Å². The molecule has 0 rings (SSSR count). The SMILES string of the molecule is CCCCCCCCCCCCCOCCOCCOCCOCCOCCOCCOCCOCCOCCCCCCCCCC. The first kappa shape index (κ1) is 47.6. The molecule has 0 N–H and O–H groups in total. The van der Waals surface area contributed by atoms with Crippen LogP contribution in [0.1, 0.15) is 136 Å². The van der Waals surface area contributed by atoms with E-state index in [4.69, 9.17) is 42.6 Å². The molecule has 0 aromatic carbocycles. The van der Waals surface area contributed by atoms with E-state index >= 15 is 0 Å². The van der Waals surface area contributed by atoms with Gasteiger partial charge in [0.2, 0.25) is 0 Å². The Hall–Kier alpha value is -0.360. The molecular formula is C39H80O9. The molecule has 290 valence electrons. The highest BCUT2D eigenvalue weighted by molar-refractivity contribution is 4.49. The van der Waals surface area contributed by atoms with Crippen molar-refractivity contribution in [3.8, 4) is 0 Å². The van der Waals surface area contributed by atoms with Crippen molar-refractivity contribution in [2.24, 2.45) is 0 Å². The van der Waals surface area contributed by atoms with Crippen LogP contribution < -0.4 is 0 Å². The van der Waals surface area contributed by atoms with Crippen LogP contribution in [-0.4, -0.2) is 119 Å². The van der Waals surface area contributed by atoms with Gasteiger partial charge < -0.3 is 42.6 Å². The summed E-state index contributed by atoms with van der Waals surface area (Å²) in [5.41, 5.74) is 0. The van der Waals surface area contributed by atoms with E-state index in [1.165, 1.54) is 109 Å². The van der Waals surface area contributed by atoms with Gasteiger partial charge in [0.05, 0.1) is 106 Å². The van der Waals surface area contributed by atoms with Gasteiger partial charge in [0.15, 0.2) is 0 Å². The van der Waals surface area contributed by atoms with Crippen LogP contribution in [0.2, 0.25) is 0 Å². The zero-order valence-corrected chi connectivity index (χ0v) is 31.8. The van der Waals surface area contributed by atoms with Crippen molar-refractivity contribution in [2.75, 3.05) is 119 Å². The number of hydrogen-bond donors (Lipinski definition) is 0. The van der Waals surface area contributed by atoms with Crippen LogP contribution in [0.5, 0.6) is 0 Å². The maximum Gasteiger partial charge on any atom is 0.0701 e. The predicted octanol–water partition coefficient (Wildman–Crippen LogP) is 8.59. The third kappa shape index (κ3) is 45.6. The third-order valence-corrected chi connectivity index (χ3v) is 8.01. The average molecular weight is 693 g/mol. The molecule has 0 aliphatic heterocycles. The maximum atomic E-state index is 5.66. The van der Waals surface area contributed by atoms with Gasteiger partial charge in [-0.25, -0.2) is 0 Å². The minimum absolute atomic E-state index is 0.544. The molecule has 0 heterocycles. The number of rotatable bonds is 45. The molecule has 0 amide bonds. The van der Waals surface area contributed by atoms with Crippen LogP contribution in [0.25, 0.3) is 0 Å². The van der Waals surface area contributed by atoms with E-state index in [9.17, 15) is 0 Å². The van der Waals surface area contributed by atoms with Crippen LogP contribution in [0.4, 0.5) is 0 Å². The van der Waals surface area contributed by atoms with E-state index in [-0.39, 0.29) is 0 Å². The lowest BCUT2D eigenvalue weighted by Crippen LogP contribution is -2.15. The van der Waals surface area contributed by atoms with Crippen LogP contribution in [0, 0.1) is 0 Å². The minimum atomic E-state index is 0.544. The second-order valence-corrected chi connectivity index (χ2v) is 12.5. The van der Waals surface area contributed by atoms with Gasteiger partial charge in [0.1, 0.15) is 0 Å². The minimum Gasteiger partial charge on any atom is -0.379 e. The maximum absolute atomic E-state index is 5.66. The lowest BCUT2D eigenvalue weighted by Gasteiger charge is -2.09. The van der Waals surface area contributed by atoms with Gasteiger partial charge in [-0.15, -0.1) is 0 Å². The summed E-state index contributed by atoms with van der Waals surface area (Å²) < 4.78 is 50.0. The molecule has 0 bridgehead atoms. The first-order chi connectivity index (χ1) is 23.9. The molecule has 0 aromatic rings. The van der Waals surface area contributed by atoms with Crippen molar-refractivity contribution in [3.63, 3.8) is 0 Å². The quantitative estimate of drug-likeness (QED) is 0.0583. The Morgan fingerprint density at radius 2 is 0.312 bits per heavy atom. The fourth-order valence-electron chi connectivity index (χ4n) is 5.07. The van der Waals surface area contributed by atoms with Gasteiger partial charge in [0.25, 0.3) is 0 Å². The molecule has 0 fully saturated rings. The van der Waals surface area contributed by atoms with Crippen molar-refractivity contribution in [3.05, 3.63) is 0 Å². The zero-order chi connectivity index (χ0) is 34.5. The first-order valence-electron chi connectivity index (χ1n) is 20.1. The van der Waals surface area contributed by atoms with Gasteiger partial charge in [-0.2, -0.15) is 0 Å². The number of hydrogen-bond acceptors (Lipinski definition) is 9. The Balaban J connectivity index is 3.04. The van der Waals surface area contributed by atoms with Crippen molar-refractivity contribution in [2.45, 2.75) is 136 Å². The Bertz CT molecular complexity index is 496. The lowest BCUT2D eigenvalue weighted by molar-refractivity contribution is -0.0250. The van der Waals surface area contributed by atoms with Crippen LogP contribution in [0.15, 0.2) is 0 Å². The highest BCUT2D eigenvalue weighted by Crippen LogP contribution is 2.11. The molecule has 9 heteroatoms. The van der Waals surface area contributed by atoms with Crippen LogP contribution >= 0.6 is 0 Å². The fraction of sp³-hybridized carbons (Fsp3) is 1.00. The summed E-state index contributed by atoms with van der Waals surface area (Å²) in [4.78, 5) is 0. The normalized spacial score (nSPS) is 11.6. The fourth-order valence-corrected chi connectivity index (χ4v) is 5.07. The standard InChI is InChI=1S/C39H80O9/c1-3-5-7-9-11-13-14-15-17-19-21-23-41-25-27-43-29-31-45-33-35-47-37-39-48-38-36-46-34-32-44-30-28-42-26-24-40-22-20-18-16-12-10-8-6-4-2/h3-39H2,1-2H3. The summed E-state index contributed by atoms with van der Waals surface area (Å²) in [5, 5.41) is 0. The molecule has 0 spiro atoms. The molecule has 0 aliphatic carbocycles. The molecule has 0 saturated carbocycles. The van der Waals surface area contributed by atoms with E-state index in [2.05, 4.69) is 13.8 Å². The summed E-state index contributed by atoms with van der Waals surface area (Å²) in [7, 11) is 0. The summed E-state index contributed by atoms with van der Waals surface area (Å²) >= 11 is 0. The van der Waals surface area contributed by atoms with Gasteiger partial charge in [-0.3, -0.25) is 0 Å². The van der Waals surface area contributed by atoms with Crippen molar-refractivity contribution in [1.82, 2.24) is 0 Å². The van der Waals surface area contributed by atoms with E-state index in [0.29, 0.717) is 106 Å². The number of unbranched alkanes of at least 4 members (excludes halogenated alkanes) is 17. The van der Waals surface area contributed by atoms with Gasteiger partial charge in [-0.1, -0.05) is 123 Å². The average Bonchev–Trinajstić information content (AvgIpc) is 3.10. The van der Waals surface area contributed by atoms with E-state index in [1.807, 2.05) is 0 Å². The van der Waals surface area contributed by atoms with E-state index < -0.39 is 0 Å². The molecular weight excluding hydrogens is 612 g/mol. The summed E-state index contributed by atoms with van der Waals surface area (Å²) in [6, 6.07) is 0. The Morgan fingerprint density at radius 3 is 0.500 bits per heavy atom. The summed E-state index contributed by atoms with van der Waals surface area (Å²) in [6.45, 7) is 15.5. The van der Waals surface area contributed by atoms with Crippen LogP contribution in [-0.2, 0) is 42.6 Å². The molecule has 0 saturated heterocycles. The molecule has 0 aliphatic rings. The van der Waals surface area contributed by atoms with E-state index in [0.717, 1.165) is 26.1 Å². The second kappa shape index (κ2) is 46.6. The van der Waals surface area contributed by atoms with Gasteiger partial charge >= 0.3 is 0 Å². The third-order valence-electron chi connectivity index (χ3n) is 8.01. The molecule has 0 atom stereocenters. The van der Waals surface area contributed by atoms with Crippen molar-refractivity contribution >= 4 is 0 Å². The molecule has 0 aromatic heterocycles. The van der Waals surface area contributed by atoms with Gasteiger partial charge in [-0.05, 0) is 12.8 Å². The van der Waals surface area contributed by atoms with Crippen molar-refractivity contribution < 1.29 is 42.6 Å². The smallest absolute Gasteiger partial charge is 0.0701 e. The molecule has 0 radical (unpaired) electrons. The second-order valence-electron chi connectivity index (χ2n) is 12.5. The Morgan fingerprint density at radius 1 is 0.167 bits per heavy atom. The van der Waals surface area contributed by atoms with Crippen LogP contribution in [0.3, 0.4) is 0 Å².